The molecule has 0 spiro atoms. The maximum absolute atomic E-state index is 11.8. The molecule has 0 bridgehead atoms. The van der Waals surface area contributed by atoms with Gasteiger partial charge in [-0.1, -0.05) is 41.7 Å². The summed E-state index contributed by atoms with van der Waals surface area (Å²) in [6.45, 7) is 0. The summed E-state index contributed by atoms with van der Waals surface area (Å²) in [6.07, 6.45) is 1.55. The lowest BCUT2D eigenvalue weighted by Crippen LogP contribution is -2.36. The van der Waals surface area contributed by atoms with Crippen LogP contribution in [0.3, 0.4) is 0 Å². The molecule has 0 fully saturated rings. The van der Waals surface area contributed by atoms with E-state index in [0.29, 0.717) is 10.7 Å². The quantitative estimate of drug-likeness (QED) is 0.786. The van der Waals surface area contributed by atoms with Crippen molar-refractivity contribution >= 4 is 44.4 Å². The molecule has 1 aromatic heterocycles. The highest BCUT2D eigenvalue weighted by Crippen LogP contribution is 2.23. The van der Waals surface area contributed by atoms with Crippen molar-refractivity contribution in [3.63, 3.8) is 0 Å². The normalized spacial score (nSPS) is 11.7. The first kappa shape index (κ1) is 14.5. The van der Waals surface area contributed by atoms with Gasteiger partial charge in [0.1, 0.15) is 0 Å². The zero-order chi connectivity index (χ0) is 14.5. The van der Waals surface area contributed by atoms with Crippen LogP contribution in [0.5, 0.6) is 0 Å². The number of carboxylic acids is 1. The molecule has 0 radical (unpaired) electrons. The highest BCUT2D eigenvalue weighted by atomic mass is 79.9. The Morgan fingerprint density at radius 3 is 2.55 bits per heavy atom. The zero-order valence-electron chi connectivity index (χ0n) is 10.0. The van der Waals surface area contributed by atoms with Crippen LogP contribution in [0.2, 0.25) is 0 Å². The third-order valence-corrected chi connectivity index (χ3v) is 3.74. The number of hydrogen-bond acceptors (Lipinski definition) is 4. The minimum atomic E-state index is -1.13. The van der Waals surface area contributed by atoms with Crippen LogP contribution >= 0.6 is 27.3 Å². The number of aliphatic carboxylic acids is 1. The Morgan fingerprint density at radius 2 is 2.00 bits per heavy atom. The van der Waals surface area contributed by atoms with Crippen molar-refractivity contribution in [2.75, 3.05) is 5.32 Å². The number of benzene rings is 1. The molecular formula is C12H10BrN3O3S. The maximum atomic E-state index is 11.8. The summed E-state index contributed by atoms with van der Waals surface area (Å²) in [5.74, 6) is -1.13. The lowest BCUT2D eigenvalue weighted by Gasteiger charge is -2.14. The Labute approximate surface area is 127 Å². The molecule has 0 saturated carbocycles. The lowest BCUT2D eigenvalue weighted by molar-refractivity contribution is -0.139. The number of urea groups is 1. The van der Waals surface area contributed by atoms with Gasteiger partial charge in [-0.3, -0.25) is 5.32 Å². The van der Waals surface area contributed by atoms with Crippen molar-refractivity contribution in [1.29, 1.82) is 0 Å². The Balaban J connectivity index is 2.05. The molecule has 0 aliphatic rings. The molecule has 2 aromatic rings. The summed E-state index contributed by atoms with van der Waals surface area (Å²) < 4.78 is 0.769. The van der Waals surface area contributed by atoms with Gasteiger partial charge in [-0.25, -0.2) is 14.6 Å². The summed E-state index contributed by atoms with van der Waals surface area (Å²) in [5, 5.41) is 14.4. The summed E-state index contributed by atoms with van der Waals surface area (Å²) in [4.78, 5) is 26.9. The molecule has 6 nitrogen and oxygen atoms in total. The van der Waals surface area contributed by atoms with Crippen LogP contribution in [0.15, 0.2) is 40.3 Å². The summed E-state index contributed by atoms with van der Waals surface area (Å²) in [6, 6.07) is 6.74. The number of halogens is 1. The SMILES string of the molecule is O=C(Nc1ncc(Br)s1)N[C@H](C(=O)O)c1ccccc1. The number of amides is 2. The standard InChI is InChI=1S/C12H10BrN3O3S/c13-8-6-14-12(20-8)16-11(19)15-9(10(17)18)7-4-2-1-3-5-7/h1-6,9H,(H,17,18)(H2,14,15,16,19)/t9-/m0/s1. The Hall–Kier alpha value is -1.93. The van der Waals surface area contributed by atoms with Crippen LogP contribution in [-0.2, 0) is 4.79 Å². The van der Waals surface area contributed by atoms with E-state index in [-0.39, 0.29) is 0 Å². The van der Waals surface area contributed by atoms with Gasteiger partial charge in [-0.15, -0.1) is 0 Å². The number of rotatable bonds is 4. The number of nitrogens with one attached hydrogen (secondary N) is 2. The van der Waals surface area contributed by atoms with Crippen molar-refractivity contribution in [2.45, 2.75) is 6.04 Å². The van der Waals surface area contributed by atoms with Crippen LogP contribution in [0.1, 0.15) is 11.6 Å². The molecule has 8 heteroatoms. The number of thiazole rings is 1. The fourth-order valence-corrected chi connectivity index (χ4v) is 2.61. The largest absolute Gasteiger partial charge is 0.479 e. The third-order valence-electron chi connectivity index (χ3n) is 2.35. The number of carbonyl (C=O) groups excluding carboxylic acids is 1. The summed E-state index contributed by atoms with van der Waals surface area (Å²) in [7, 11) is 0. The fourth-order valence-electron chi connectivity index (χ4n) is 1.51. The first-order valence-electron chi connectivity index (χ1n) is 5.53. The molecule has 20 heavy (non-hydrogen) atoms. The number of hydrogen-bond donors (Lipinski definition) is 3. The van der Waals surface area contributed by atoms with Gasteiger partial charge in [0.05, 0.1) is 9.98 Å². The van der Waals surface area contributed by atoms with Gasteiger partial charge in [0.25, 0.3) is 0 Å². The van der Waals surface area contributed by atoms with Gasteiger partial charge < -0.3 is 10.4 Å². The number of carboxylic acid groups (broad SMARTS) is 1. The van der Waals surface area contributed by atoms with E-state index >= 15 is 0 Å². The van der Waals surface area contributed by atoms with Crippen molar-refractivity contribution in [3.05, 3.63) is 45.9 Å². The first-order chi connectivity index (χ1) is 9.56. The Morgan fingerprint density at radius 1 is 1.30 bits per heavy atom. The second-order valence-corrected chi connectivity index (χ2v) is 6.16. The van der Waals surface area contributed by atoms with Gasteiger partial charge in [-0.2, -0.15) is 0 Å². The third kappa shape index (κ3) is 3.78. The van der Waals surface area contributed by atoms with E-state index in [0.717, 1.165) is 3.79 Å². The van der Waals surface area contributed by atoms with Crippen LogP contribution in [0.25, 0.3) is 0 Å². The van der Waals surface area contributed by atoms with Gasteiger partial charge in [0, 0.05) is 0 Å². The first-order valence-corrected chi connectivity index (χ1v) is 7.14. The van der Waals surface area contributed by atoms with Crippen LogP contribution < -0.4 is 10.6 Å². The smallest absolute Gasteiger partial charge is 0.330 e. The molecule has 0 aliphatic carbocycles. The molecule has 1 heterocycles. The van der Waals surface area contributed by atoms with E-state index in [1.165, 1.54) is 11.3 Å². The predicted octanol–water partition coefficient (Wildman–Crippen LogP) is 2.85. The van der Waals surface area contributed by atoms with E-state index < -0.39 is 18.0 Å². The van der Waals surface area contributed by atoms with Crippen LogP contribution in [0.4, 0.5) is 9.93 Å². The number of anilines is 1. The summed E-state index contributed by atoms with van der Waals surface area (Å²) in [5.41, 5.74) is 0.496. The van der Waals surface area contributed by atoms with E-state index in [4.69, 9.17) is 0 Å². The van der Waals surface area contributed by atoms with Gasteiger partial charge in [0.15, 0.2) is 11.2 Å². The monoisotopic (exact) mass is 355 g/mol. The van der Waals surface area contributed by atoms with Gasteiger partial charge >= 0.3 is 12.0 Å². The lowest BCUT2D eigenvalue weighted by atomic mass is 10.1. The predicted molar refractivity (Wildman–Crippen MR) is 78.8 cm³/mol. The molecule has 0 saturated heterocycles. The number of aromatic nitrogens is 1. The average molecular weight is 356 g/mol. The van der Waals surface area contributed by atoms with Crippen LogP contribution in [0, 0.1) is 0 Å². The highest BCUT2D eigenvalue weighted by Gasteiger charge is 2.22. The second-order valence-electron chi connectivity index (χ2n) is 3.75. The van der Waals surface area contributed by atoms with Crippen molar-refractivity contribution in [2.24, 2.45) is 0 Å². The molecule has 1 atom stereocenters. The van der Waals surface area contributed by atoms with E-state index in [1.807, 2.05) is 0 Å². The van der Waals surface area contributed by atoms with Crippen LogP contribution in [-0.4, -0.2) is 22.1 Å². The maximum Gasteiger partial charge on any atom is 0.330 e. The average Bonchev–Trinajstić information content (AvgIpc) is 2.82. The van der Waals surface area contributed by atoms with Crippen molar-refractivity contribution in [1.82, 2.24) is 10.3 Å². The van der Waals surface area contributed by atoms with Crippen molar-refractivity contribution < 1.29 is 14.7 Å². The fraction of sp³-hybridized carbons (Fsp3) is 0.0833. The molecule has 0 unspecified atom stereocenters. The molecule has 3 N–H and O–H groups in total. The number of nitrogens with zero attached hydrogens (tertiary/aromatic N) is 1. The summed E-state index contributed by atoms with van der Waals surface area (Å²) >= 11 is 4.46. The van der Waals surface area contributed by atoms with E-state index in [1.54, 1.807) is 36.5 Å². The molecule has 0 aliphatic heterocycles. The Bertz CT molecular complexity index is 617. The molecule has 104 valence electrons. The number of carbonyl (C=O) groups is 2. The molecule has 2 amide bonds. The van der Waals surface area contributed by atoms with E-state index in [9.17, 15) is 14.7 Å². The molecule has 2 rings (SSSR count). The second kappa shape index (κ2) is 6.49. The van der Waals surface area contributed by atoms with Gasteiger partial charge in [0.2, 0.25) is 0 Å². The zero-order valence-corrected chi connectivity index (χ0v) is 12.4. The van der Waals surface area contributed by atoms with E-state index in [2.05, 4.69) is 31.5 Å². The highest BCUT2D eigenvalue weighted by molar-refractivity contribution is 9.11. The molecule has 1 aromatic carbocycles. The van der Waals surface area contributed by atoms with Crippen molar-refractivity contribution in [3.8, 4) is 0 Å². The molecular weight excluding hydrogens is 346 g/mol. The van der Waals surface area contributed by atoms with Gasteiger partial charge in [-0.05, 0) is 21.5 Å². The topological polar surface area (TPSA) is 91.3 Å². The Kier molecular flexibility index (Phi) is 4.70. The minimum absolute atomic E-state index is 0.381. The minimum Gasteiger partial charge on any atom is -0.479 e.